The Labute approximate surface area is 187 Å². The number of ether oxygens (including phenoxy) is 3. The number of primary amides is 1. The van der Waals surface area contributed by atoms with Crippen molar-refractivity contribution in [1.82, 2.24) is 10.3 Å². The number of nitrogens with one attached hydrogen (secondary N) is 1. The first-order valence-electron chi connectivity index (χ1n) is 10.6. The third kappa shape index (κ3) is 5.81. The summed E-state index contributed by atoms with van der Waals surface area (Å²) < 4.78 is 16.0. The molecule has 0 spiro atoms. The topological polar surface area (TPSA) is 116 Å². The fourth-order valence-electron chi connectivity index (χ4n) is 3.53. The molecule has 32 heavy (non-hydrogen) atoms. The smallest absolute Gasteiger partial charge is 0.255 e. The monoisotopic (exact) mass is 442 g/mol. The number of carbonyl (C=O) groups excluding carboxylic acids is 2. The van der Waals surface area contributed by atoms with Gasteiger partial charge in [-0.2, -0.15) is 0 Å². The van der Waals surface area contributed by atoms with Crippen molar-refractivity contribution in [2.24, 2.45) is 11.7 Å². The van der Waals surface area contributed by atoms with Crippen LogP contribution in [0.15, 0.2) is 30.5 Å². The van der Waals surface area contributed by atoms with Crippen molar-refractivity contribution < 1.29 is 23.8 Å². The molecule has 0 radical (unpaired) electrons. The Bertz CT molecular complexity index is 915. The lowest BCUT2D eigenvalue weighted by Crippen LogP contribution is -2.33. The molecule has 1 aliphatic rings. The molecule has 2 amide bonds. The number of hydrogen-bond acceptors (Lipinski definition) is 7. The zero-order chi connectivity index (χ0) is 23.1. The average molecular weight is 443 g/mol. The highest BCUT2D eigenvalue weighted by Crippen LogP contribution is 2.38. The van der Waals surface area contributed by atoms with Gasteiger partial charge in [0.25, 0.3) is 11.8 Å². The van der Waals surface area contributed by atoms with Crippen LogP contribution in [0.1, 0.15) is 35.7 Å². The molecule has 0 aliphatic carbocycles. The van der Waals surface area contributed by atoms with Gasteiger partial charge < -0.3 is 30.2 Å². The van der Waals surface area contributed by atoms with Crippen LogP contribution in [0, 0.1) is 5.92 Å². The lowest BCUT2D eigenvalue weighted by molar-refractivity contribution is -0.120. The van der Waals surface area contributed by atoms with E-state index in [-0.39, 0.29) is 29.8 Å². The van der Waals surface area contributed by atoms with E-state index in [4.69, 9.17) is 19.9 Å². The van der Waals surface area contributed by atoms with E-state index in [2.05, 4.69) is 22.1 Å². The number of benzene rings is 1. The molecule has 2 heterocycles. The number of amides is 2. The number of piperidine rings is 1. The number of aromatic nitrogens is 1. The van der Waals surface area contributed by atoms with Gasteiger partial charge >= 0.3 is 0 Å². The first-order valence-corrected chi connectivity index (χ1v) is 10.6. The van der Waals surface area contributed by atoms with Crippen molar-refractivity contribution in [3.8, 4) is 17.2 Å². The predicted molar refractivity (Wildman–Crippen MR) is 120 cm³/mol. The van der Waals surface area contributed by atoms with Crippen molar-refractivity contribution in [2.45, 2.75) is 26.3 Å². The number of nitrogens with zero attached hydrogens (tertiary/aromatic N) is 2. The van der Waals surface area contributed by atoms with E-state index in [1.165, 1.54) is 39.2 Å². The Kier molecular flexibility index (Phi) is 7.75. The summed E-state index contributed by atoms with van der Waals surface area (Å²) in [6, 6.07) is 7.01. The molecular formula is C23H30N4O5. The minimum Gasteiger partial charge on any atom is -0.493 e. The number of hydrogen-bond donors (Lipinski definition) is 2. The fraction of sp³-hybridized carbons (Fsp3) is 0.435. The van der Waals surface area contributed by atoms with Crippen LogP contribution in [-0.2, 0) is 11.3 Å². The molecule has 9 heteroatoms. The van der Waals surface area contributed by atoms with Crippen LogP contribution in [0.2, 0.25) is 0 Å². The maximum atomic E-state index is 12.7. The van der Waals surface area contributed by atoms with Gasteiger partial charge in [-0.05, 0) is 42.5 Å². The Morgan fingerprint density at radius 1 is 1.16 bits per heavy atom. The summed E-state index contributed by atoms with van der Waals surface area (Å²) in [6.45, 7) is 4.31. The summed E-state index contributed by atoms with van der Waals surface area (Å²) in [7, 11) is 2.87. The molecule has 3 rings (SSSR count). The molecule has 1 aromatic carbocycles. The minimum absolute atomic E-state index is 0.206. The highest BCUT2D eigenvalue weighted by atomic mass is 16.5. The van der Waals surface area contributed by atoms with Gasteiger partial charge in [-0.25, -0.2) is 4.98 Å². The zero-order valence-electron chi connectivity index (χ0n) is 18.7. The molecule has 0 bridgehead atoms. The second-order valence-corrected chi connectivity index (χ2v) is 7.84. The third-order valence-electron chi connectivity index (χ3n) is 5.45. The zero-order valence-corrected chi connectivity index (χ0v) is 18.7. The van der Waals surface area contributed by atoms with Gasteiger partial charge in [0.15, 0.2) is 18.1 Å². The number of nitrogens with two attached hydrogens (primary N) is 1. The van der Waals surface area contributed by atoms with Gasteiger partial charge in [0.05, 0.1) is 14.2 Å². The summed E-state index contributed by atoms with van der Waals surface area (Å²) in [5.41, 5.74) is 6.36. The standard InChI is InChI=1S/C23H30N4O5/c1-15-6-8-27(9-7-15)21-5-4-16(12-25-21)13-26-23(29)17-10-18(30-2)22(19(11-17)31-3)32-14-20(24)28/h4-5,10-12,15H,6-9,13-14H2,1-3H3,(H2,24,28)(H,26,29). The van der Waals surface area contributed by atoms with E-state index in [1.54, 1.807) is 6.20 Å². The van der Waals surface area contributed by atoms with E-state index in [1.807, 2.05) is 12.1 Å². The minimum atomic E-state index is -0.634. The summed E-state index contributed by atoms with van der Waals surface area (Å²) in [6.07, 6.45) is 4.15. The largest absolute Gasteiger partial charge is 0.493 e. The summed E-state index contributed by atoms with van der Waals surface area (Å²) >= 11 is 0. The van der Waals surface area contributed by atoms with Crippen LogP contribution in [0.5, 0.6) is 17.2 Å². The van der Waals surface area contributed by atoms with Crippen molar-refractivity contribution in [2.75, 3.05) is 38.8 Å². The number of anilines is 1. The molecule has 0 saturated carbocycles. The molecule has 0 atom stereocenters. The predicted octanol–water partition coefficient (Wildman–Crippen LogP) is 2.13. The first kappa shape index (κ1) is 23.2. The van der Waals surface area contributed by atoms with Crippen LogP contribution in [0.4, 0.5) is 5.82 Å². The van der Waals surface area contributed by atoms with Crippen LogP contribution in [0.25, 0.3) is 0 Å². The normalized spacial score (nSPS) is 14.0. The lowest BCUT2D eigenvalue weighted by Gasteiger charge is -2.31. The molecule has 1 fully saturated rings. The molecule has 1 saturated heterocycles. The van der Waals surface area contributed by atoms with Crippen LogP contribution in [-0.4, -0.2) is 50.7 Å². The molecule has 0 unspecified atom stereocenters. The third-order valence-corrected chi connectivity index (χ3v) is 5.45. The van der Waals surface area contributed by atoms with Crippen LogP contribution < -0.4 is 30.2 Å². The van der Waals surface area contributed by atoms with Crippen molar-refractivity contribution in [3.63, 3.8) is 0 Å². The second-order valence-electron chi connectivity index (χ2n) is 7.84. The summed E-state index contributed by atoms with van der Waals surface area (Å²) in [5, 5.41) is 2.87. The molecule has 172 valence electrons. The number of carbonyl (C=O) groups is 2. The Hall–Kier alpha value is -3.49. The van der Waals surface area contributed by atoms with E-state index in [0.717, 1.165) is 30.4 Å². The molecule has 1 aromatic heterocycles. The van der Waals surface area contributed by atoms with E-state index in [0.29, 0.717) is 12.1 Å². The number of pyridine rings is 1. The Morgan fingerprint density at radius 2 is 1.81 bits per heavy atom. The van der Waals surface area contributed by atoms with Gasteiger partial charge in [-0.3, -0.25) is 9.59 Å². The Balaban J connectivity index is 1.64. The van der Waals surface area contributed by atoms with Gasteiger partial charge in [0, 0.05) is 31.4 Å². The fourth-order valence-corrected chi connectivity index (χ4v) is 3.53. The Morgan fingerprint density at radius 3 is 2.34 bits per heavy atom. The van der Waals surface area contributed by atoms with Crippen molar-refractivity contribution in [1.29, 1.82) is 0 Å². The quantitative estimate of drug-likeness (QED) is 0.611. The summed E-state index contributed by atoms with van der Waals surface area (Å²) in [4.78, 5) is 30.6. The van der Waals surface area contributed by atoms with Gasteiger partial charge in [0.2, 0.25) is 5.75 Å². The highest BCUT2D eigenvalue weighted by Gasteiger charge is 2.19. The van der Waals surface area contributed by atoms with E-state index >= 15 is 0 Å². The molecular weight excluding hydrogens is 412 g/mol. The number of rotatable bonds is 9. The van der Waals surface area contributed by atoms with Gasteiger partial charge in [-0.1, -0.05) is 13.0 Å². The maximum absolute atomic E-state index is 12.7. The SMILES string of the molecule is COc1cc(C(=O)NCc2ccc(N3CCC(C)CC3)nc2)cc(OC)c1OCC(N)=O. The molecule has 2 aromatic rings. The lowest BCUT2D eigenvalue weighted by atomic mass is 9.99. The van der Waals surface area contributed by atoms with E-state index < -0.39 is 5.91 Å². The van der Waals surface area contributed by atoms with Crippen LogP contribution >= 0.6 is 0 Å². The number of methoxy groups -OCH3 is 2. The van der Waals surface area contributed by atoms with Gasteiger partial charge in [-0.15, -0.1) is 0 Å². The van der Waals surface area contributed by atoms with E-state index in [9.17, 15) is 9.59 Å². The average Bonchev–Trinajstić information content (AvgIpc) is 2.81. The first-order chi connectivity index (χ1) is 15.4. The molecule has 3 N–H and O–H groups in total. The van der Waals surface area contributed by atoms with Crippen molar-refractivity contribution >= 4 is 17.6 Å². The van der Waals surface area contributed by atoms with Gasteiger partial charge in [0.1, 0.15) is 5.82 Å². The maximum Gasteiger partial charge on any atom is 0.255 e. The summed E-state index contributed by atoms with van der Waals surface area (Å²) in [5.74, 6) is 1.52. The molecule has 1 aliphatic heterocycles. The van der Waals surface area contributed by atoms with Crippen LogP contribution in [0.3, 0.4) is 0 Å². The van der Waals surface area contributed by atoms with Crippen molar-refractivity contribution in [3.05, 3.63) is 41.6 Å². The highest BCUT2D eigenvalue weighted by molar-refractivity contribution is 5.95. The molecule has 9 nitrogen and oxygen atoms in total. The second kappa shape index (κ2) is 10.7.